The number of aromatic nitrogens is 1. The molecule has 0 spiro atoms. The SMILES string of the molecule is CCOc1ccc(NCCOCCO)cn1. The van der Waals surface area contributed by atoms with Gasteiger partial charge >= 0.3 is 0 Å². The molecule has 0 aromatic carbocycles. The minimum atomic E-state index is 0.0601. The van der Waals surface area contributed by atoms with Crippen LogP contribution in [0.15, 0.2) is 18.3 Å². The Kier molecular flexibility index (Phi) is 6.29. The molecule has 1 heterocycles. The molecule has 16 heavy (non-hydrogen) atoms. The van der Waals surface area contributed by atoms with Crippen LogP contribution in [0, 0.1) is 0 Å². The predicted octanol–water partition coefficient (Wildman–Crippen LogP) is 0.901. The van der Waals surface area contributed by atoms with Gasteiger partial charge in [0.15, 0.2) is 0 Å². The highest BCUT2D eigenvalue weighted by molar-refractivity contribution is 5.41. The topological polar surface area (TPSA) is 63.6 Å². The maximum absolute atomic E-state index is 8.49. The fraction of sp³-hybridized carbons (Fsp3) is 0.545. The number of rotatable bonds is 8. The summed E-state index contributed by atoms with van der Waals surface area (Å²) in [4.78, 5) is 4.12. The average Bonchev–Trinajstić information content (AvgIpc) is 2.31. The van der Waals surface area contributed by atoms with Crippen molar-refractivity contribution in [3.63, 3.8) is 0 Å². The van der Waals surface area contributed by atoms with E-state index in [1.165, 1.54) is 0 Å². The van der Waals surface area contributed by atoms with Crippen molar-refractivity contribution >= 4 is 5.69 Å². The number of ether oxygens (including phenoxy) is 2. The van der Waals surface area contributed by atoms with Gasteiger partial charge in [0.05, 0.1) is 38.3 Å². The fourth-order valence-electron chi connectivity index (χ4n) is 1.15. The van der Waals surface area contributed by atoms with Crippen LogP contribution in [-0.4, -0.2) is 43.1 Å². The van der Waals surface area contributed by atoms with Crippen molar-refractivity contribution in [2.45, 2.75) is 6.92 Å². The van der Waals surface area contributed by atoms with Gasteiger partial charge in [-0.05, 0) is 13.0 Å². The second-order valence-corrected chi connectivity index (χ2v) is 3.08. The number of pyridine rings is 1. The third-order valence-corrected chi connectivity index (χ3v) is 1.84. The molecular weight excluding hydrogens is 208 g/mol. The Labute approximate surface area is 95.4 Å². The molecule has 1 aromatic rings. The molecular formula is C11H18N2O3. The van der Waals surface area contributed by atoms with E-state index < -0.39 is 0 Å². The van der Waals surface area contributed by atoms with Crippen LogP contribution in [0.5, 0.6) is 5.88 Å². The average molecular weight is 226 g/mol. The largest absolute Gasteiger partial charge is 0.478 e. The van der Waals surface area contributed by atoms with Gasteiger partial charge in [-0.2, -0.15) is 0 Å². The summed E-state index contributed by atoms with van der Waals surface area (Å²) in [5.41, 5.74) is 0.927. The molecule has 0 atom stereocenters. The van der Waals surface area contributed by atoms with Crippen molar-refractivity contribution in [3.8, 4) is 5.88 Å². The van der Waals surface area contributed by atoms with Gasteiger partial charge in [0.2, 0.25) is 5.88 Å². The van der Waals surface area contributed by atoms with E-state index in [1.807, 2.05) is 19.1 Å². The zero-order valence-corrected chi connectivity index (χ0v) is 9.48. The number of nitrogens with one attached hydrogen (secondary N) is 1. The summed E-state index contributed by atoms with van der Waals surface area (Å²) in [5, 5.41) is 11.6. The first-order valence-corrected chi connectivity index (χ1v) is 5.38. The Morgan fingerprint density at radius 1 is 1.38 bits per heavy atom. The van der Waals surface area contributed by atoms with Gasteiger partial charge in [-0.25, -0.2) is 4.98 Å². The molecule has 5 heteroatoms. The highest BCUT2D eigenvalue weighted by Crippen LogP contribution is 2.10. The zero-order valence-electron chi connectivity index (χ0n) is 9.48. The van der Waals surface area contributed by atoms with E-state index in [1.54, 1.807) is 6.20 Å². The van der Waals surface area contributed by atoms with Crippen molar-refractivity contribution in [3.05, 3.63) is 18.3 Å². The maximum Gasteiger partial charge on any atom is 0.213 e. The maximum atomic E-state index is 8.49. The quantitative estimate of drug-likeness (QED) is 0.645. The molecule has 1 rings (SSSR count). The van der Waals surface area contributed by atoms with Gasteiger partial charge in [-0.15, -0.1) is 0 Å². The molecule has 0 bridgehead atoms. The molecule has 90 valence electrons. The lowest BCUT2D eigenvalue weighted by molar-refractivity contribution is 0.0992. The normalized spacial score (nSPS) is 10.1. The number of hydrogen-bond acceptors (Lipinski definition) is 5. The number of aliphatic hydroxyl groups excluding tert-OH is 1. The third-order valence-electron chi connectivity index (χ3n) is 1.84. The lowest BCUT2D eigenvalue weighted by Crippen LogP contribution is -2.11. The molecule has 0 saturated heterocycles. The van der Waals surface area contributed by atoms with E-state index in [9.17, 15) is 0 Å². The summed E-state index contributed by atoms with van der Waals surface area (Å²) in [6.07, 6.45) is 1.72. The predicted molar refractivity (Wildman–Crippen MR) is 61.8 cm³/mol. The Morgan fingerprint density at radius 3 is 2.88 bits per heavy atom. The lowest BCUT2D eigenvalue weighted by atomic mass is 10.4. The van der Waals surface area contributed by atoms with Crippen LogP contribution in [0.2, 0.25) is 0 Å². The Bertz CT molecular complexity index is 277. The van der Waals surface area contributed by atoms with E-state index in [4.69, 9.17) is 14.6 Å². The molecule has 1 aromatic heterocycles. The molecule has 0 aliphatic rings. The van der Waals surface area contributed by atoms with Crippen molar-refractivity contribution in [1.29, 1.82) is 0 Å². The third kappa shape index (κ3) is 4.95. The van der Waals surface area contributed by atoms with Gasteiger partial charge < -0.3 is 19.9 Å². The standard InChI is InChI=1S/C11H18N2O3/c1-2-16-11-4-3-10(9-13-11)12-5-7-15-8-6-14/h3-4,9,12,14H,2,5-8H2,1H3. The fourth-order valence-corrected chi connectivity index (χ4v) is 1.15. The number of nitrogens with zero attached hydrogens (tertiary/aromatic N) is 1. The summed E-state index contributed by atoms with van der Waals surface area (Å²) in [6, 6.07) is 3.73. The van der Waals surface area contributed by atoms with E-state index in [2.05, 4.69) is 10.3 Å². The number of anilines is 1. The van der Waals surface area contributed by atoms with Crippen LogP contribution in [0.3, 0.4) is 0 Å². The summed E-state index contributed by atoms with van der Waals surface area (Å²) < 4.78 is 10.3. The molecule has 0 aliphatic carbocycles. The minimum absolute atomic E-state index is 0.0601. The smallest absolute Gasteiger partial charge is 0.213 e. The van der Waals surface area contributed by atoms with Crippen molar-refractivity contribution < 1.29 is 14.6 Å². The Hall–Kier alpha value is -1.33. The van der Waals surface area contributed by atoms with Crippen LogP contribution in [-0.2, 0) is 4.74 Å². The first-order chi connectivity index (χ1) is 7.86. The molecule has 0 aliphatic heterocycles. The minimum Gasteiger partial charge on any atom is -0.478 e. The van der Waals surface area contributed by atoms with Crippen LogP contribution in [0.25, 0.3) is 0 Å². The van der Waals surface area contributed by atoms with Gasteiger partial charge in [-0.3, -0.25) is 0 Å². The zero-order chi connectivity index (χ0) is 11.6. The van der Waals surface area contributed by atoms with Gasteiger partial charge in [0.1, 0.15) is 0 Å². The molecule has 0 unspecified atom stereocenters. The summed E-state index contributed by atoms with van der Waals surface area (Å²) in [5.74, 6) is 0.629. The second kappa shape index (κ2) is 7.90. The molecule has 0 saturated carbocycles. The second-order valence-electron chi connectivity index (χ2n) is 3.08. The number of hydrogen-bond donors (Lipinski definition) is 2. The van der Waals surface area contributed by atoms with Crippen LogP contribution in [0.4, 0.5) is 5.69 Å². The molecule has 0 radical (unpaired) electrons. The van der Waals surface area contributed by atoms with Crippen molar-refractivity contribution in [1.82, 2.24) is 4.98 Å². The monoisotopic (exact) mass is 226 g/mol. The van der Waals surface area contributed by atoms with Crippen LogP contribution < -0.4 is 10.1 Å². The highest BCUT2D eigenvalue weighted by atomic mass is 16.5. The van der Waals surface area contributed by atoms with E-state index in [0.29, 0.717) is 32.2 Å². The van der Waals surface area contributed by atoms with Crippen LogP contribution in [0.1, 0.15) is 6.92 Å². The Morgan fingerprint density at radius 2 is 2.25 bits per heavy atom. The summed E-state index contributed by atoms with van der Waals surface area (Å²) >= 11 is 0. The molecule has 2 N–H and O–H groups in total. The van der Waals surface area contributed by atoms with E-state index in [0.717, 1.165) is 5.69 Å². The first kappa shape index (κ1) is 12.7. The summed E-state index contributed by atoms with van der Waals surface area (Å²) in [6.45, 7) is 4.23. The van der Waals surface area contributed by atoms with Crippen molar-refractivity contribution in [2.24, 2.45) is 0 Å². The highest BCUT2D eigenvalue weighted by Gasteiger charge is 1.95. The summed E-state index contributed by atoms with van der Waals surface area (Å²) in [7, 11) is 0. The Balaban J connectivity index is 2.21. The van der Waals surface area contributed by atoms with Gasteiger partial charge in [0.25, 0.3) is 0 Å². The number of aliphatic hydroxyl groups is 1. The molecule has 5 nitrogen and oxygen atoms in total. The lowest BCUT2D eigenvalue weighted by Gasteiger charge is -2.07. The van der Waals surface area contributed by atoms with E-state index >= 15 is 0 Å². The van der Waals surface area contributed by atoms with Crippen molar-refractivity contribution in [2.75, 3.05) is 38.3 Å². The molecule has 0 amide bonds. The first-order valence-electron chi connectivity index (χ1n) is 5.38. The van der Waals surface area contributed by atoms with Gasteiger partial charge in [0, 0.05) is 12.6 Å². The van der Waals surface area contributed by atoms with E-state index in [-0.39, 0.29) is 6.61 Å². The molecule has 0 fully saturated rings. The van der Waals surface area contributed by atoms with Gasteiger partial charge in [-0.1, -0.05) is 0 Å². The van der Waals surface area contributed by atoms with Crippen LogP contribution >= 0.6 is 0 Å².